The molecule has 2 heterocycles. The van der Waals surface area contributed by atoms with Gasteiger partial charge in [0, 0.05) is 18.9 Å². The maximum atomic E-state index is 11.8. The fourth-order valence-corrected chi connectivity index (χ4v) is 2.29. The van der Waals surface area contributed by atoms with Gasteiger partial charge in [0.15, 0.2) is 0 Å². The normalized spacial score (nSPS) is 18.6. The van der Waals surface area contributed by atoms with E-state index in [1.165, 1.54) is 4.90 Å². The molecule has 0 spiro atoms. The lowest BCUT2D eigenvalue weighted by Gasteiger charge is -2.06. The zero-order valence-corrected chi connectivity index (χ0v) is 9.53. The highest BCUT2D eigenvalue weighted by molar-refractivity contribution is 8.18. The van der Waals surface area contributed by atoms with Gasteiger partial charge >= 0.3 is 0 Å². The summed E-state index contributed by atoms with van der Waals surface area (Å²) >= 11 is 0.979. The largest absolute Gasteiger partial charge is 0.293 e. The van der Waals surface area contributed by atoms with Crippen molar-refractivity contribution in [1.82, 2.24) is 9.88 Å². The Morgan fingerprint density at radius 2 is 2.06 bits per heavy atom. The lowest BCUT2D eigenvalue weighted by atomic mass is 10.2. The van der Waals surface area contributed by atoms with Crippen molar-refractivity contribution in [2.75, 3.05) is 6.54 Å². The molecule has 0 N–H and O–H groups in total. The molecule has 1 fully saturated rings. The zero-order valence-electron chi connectivity index (χ0n) is 8.71. The summed E-state index contributed by atoms with van der Waals surface area (Å²) in [6.07, 6.45) is 5.01. The molecule has 0 bridgehead atoms. The highest BCUT2D eigenvalue weighted by Gasteiger charge is 2.33. The van der Waals surface area contributed by atoms with Crippen molar-refractivity contribution in [3.8, 4) is 0 Å². The van der Waals surface area contributed by atoms with Crippen LogP contribution in [0.5, 0.6) is 0 Å². The third kappa shape index (κ3) is 1.99. The van der Waals surface area contributed by atoms with Gasteiger partial charge < -0.3 is 0 Å². The van der Waals surface area contributed by atoms with Crippen molar-refractivity contribution in [1.29, 1.82) is 0 Å². The third-order valence-corrected chi connectivity index (χ3v) is 3.10. The second-order valence-corrected chi connectivity index (χ2v) is 4.20. The van der Waals surface area contributed by atoms with Gasteiger partial charge in [-0.25, -0.2) is 0 Å². The van der Waals surface area contributed by atoms with Gasteiger partial charge in [0.1, 0.15) is 0 Å². The van der Waals surface area contributed by atoms with Crippen LogP contribution in [-0.2, 0) is 4.79 Å². The molecule has 0 atom stereocenters. The van der Waals surface area contributed by atoms with Gasteiger partial charge in [0.25, 0.3) is 11.1 Å². The minimum Gasteiger partial charge on any atom is -0.269 e. The Morgan fingerprint density at radius 1 is 1.38 bits per heavy atom. The quantitative estimate of drug-likeness (QED) is 0.736. The number of likely N-dealkylation sites (N-methyl/N-ethyl adjacent to an activating group) is 1. The Bertz CT molecular complexity index is 456. The van der Waals surface area contributed by atoms with Gasteiger partial charge in [-0.1, -0.05) is 0 Å². The second-order valence-electron chi connectivity index (χ2n) is 3.21. The van der Waals surface area contributed by atoms with Gasteiger partial charge in [0.05, 0.1) is 4.91 Å². The molecule has 1 aromatic rings. The van der Waals surface area contributed by atoms with E-state index in [4.69, 9.17) is 0 Å². The Hall–Kier alpha value is -1.62. The van der Waals surface area contributed by atoms with E-state index in [2.05, 4.69) is 4.98 Å². The predicted octanol–water partition coefficient (Wildman–Crippen LogP) is 2.14. The lowest BCUT2D eigenvalue weighted by molar-refractivity contribution is -0.122. The minimum atomic E-state index is -0.214. The molecule has 16 heavy (non-hydrogen) atoms. The summed E-state index contributed by atoms with van der Waals surface area (Å²) < 4.78 is 0. The van der Waals surface area contributed by atoms with Crippen molar-refractivity contribution >= 4 is 29.0 Å². The van der Waals surface area contributed by atoms with Crippen LogP contribution in [0.1, 0.15) is 12.5 Å². The Morgan fingerprint density at radius 3 is 2.62 bits per heavy atom. The van der Waals surface area contributed by atoms with Crippen molar-refractivity contribution in [2.45, 2.75) is 6.92 Å². The molecule has 2 rings (SSSR count). The monoisotopic (exact) mass is 234 g/mol. The van der Waals surface area contributed by atoms with Gasteiger partial charge in [-0.15, -0.1) is 0 Å². The molecule has 0 unspecified atom stereocenters. The van der Waals surface area contributed by atoms with Gasteiger partial charge in [-0.05, 0) is 42.5 Å². The fourth-order valence-electron chi connectivity index (χ4n) is 1.38. The van der Waals surface area contributed by atoms with Crippen LogP contribution in [0.2, 0.25) is 0 Å². The maximum Gasteiger partial charge on any atom is 0.293 e. The van der Waals surface area contributed by atoms with Gasteiger partial charge in [0.2, 0.25) is 0 Å². The van der Waals surface area contributed by atoms with Crippen molar-refractivity contribution in [3.05, 3.63) is 35.0 Å². The number of carbonyl (C=O) groups is 2. The molecule has 1 aromatic heterocycles. The van der Waals surface area contributed by atoms with Crippen LogP contribution < -0.4 is 0 Å². The van der Waals surface area contributed by atoms with E-state index in [-0.39, 0.29) is 11.1 Å². The van der Waals surface area contributed by atoms with E-state index in [0.717, 1.165) is 17.3 Å². The first-order valence-corrected chi connectivity index (χ1v) is 5.69. The minimum absolute atomic E-state index is 0.201. The lowest BCUT2D eigenvalue weighted by Crippen LogP contribution is -2.27. The van der Waals surface area contributed by atoms with E-state index in [1.54, 1.807) is 37.5 Å². The zero-order chi connectivity index (χ0) is 11.5. The van der Waals surface area contributed by atoms with Crippen LogP contribution in [0.3, 0.4) is 0 Å². The fraction of sp³-hybridized carbons (Fsp3) is 0.182. The van der Waals surface area contributed by atoms with Crippen LogP contribution in [0.4, 0.5) is 4.79 Å². The van der Waals surface area contributed by atoms with Crippen LogP contribution in [0.15, 0.2) is 29.4 Å². The molecular weight excluding hydrogens is 224 g/mol. The van der Waals surface area contributed by atoms with Crippen LogP contribution in [0.25, 0.3) is 6.08 Å². The highest BCUT2D eigenvalue weighted by atomic mass is 32.2. The first kappa shape index (κ1) is 10.9. The number of aromatic nitrogens is 1. The highest BCUT2D eigenvalue weighted by Crippen LogP contribution is 2.31. The summed E-state index contributed by atoms with van der Waals surface area (Å²) in [7, 11) is 0. The third-order valence-electron chi connectivity index (χ3n) is 2.19. The first-order valence-electron chi connectivity index (χ1n) is 4.87. The Kier molecular flexibility index (Phi) is 3.05. The van der Waals surface area contributed by atoms with E-state index >= 15 is 0 Å². The first-order chi connectivity index (χ1) is 7.72. The number of carbonyl (C=O) groups excluding carboxylic acids is 2. The molecule has 0 aliphatic carbocycles. The maximum absolute atomic E-state index is 11.8. The topological polar surface area (TPSA) is 50.3 Å². The van der Waals surface area contributed by atoms with Gasteiger partial charge in [-0.2, -0.15) is 0 Å². The number of hydrogen-bond donors (Lipinski definition) is 0. The molecule has 2 amide bonds. The number of imide groups is 1. The van der Waals surface area contributed by atoms with E-state index in [1.807, 2.05) is 0 Å². The standard InChI is InChI=1S/C11H10N2O2S/c1-2-13-10(14)9(16-11(13)15)7-8-3-5-12-6-4-8/h3-7H,2H2,1H3/b9-7+. The number of pyridine rings is 1. The Balaban J connectivity index is 2.27. The summed E-state index contributed by atoms with van der Waals surface area (Å²) in [5.74, 6) is -0.214. The predicted molar refractivity (Wildman–Crippen MR) is 62.6 cm³/mol. The van der Waals surface area contributed by atoms with Crippen molar-refractivity contribution in [2.24, 2.45) is 0 Å². The number of nitrogens with zero attached hydrogens (tertiary/aromatic N) is 2. The molecule has 1 saturated heterocycles. The average Bonchev–Trinajstić information content (AvgIpc) is 2.55. The van der Waals surface area contributed by atoms with Crippen LogP contribution in [0, 0.1) is 0 Å². The molecule has 0 aromatic carbocycles. The number of amides is 2. The molecule has 0 radical (unpaired) electrons. The number of hydrogen-bond acceptors (Lipinski definition) is 4. The average molecular weight is 234 g/mol. The summed E-state index contributed by atoms with van der Waals surface area (Å²) in [4.78, 5) is 28.8. The van der Waals surface area contributed by atoms with Crippen LogP contribution in [-0.4, -0.2) is 27.6 Å². The van der Waals surface area contributed by atoms with Crippen molar-refractivity contribution < 1.29 is 9.59 Å². The van der Waals surface area contributed by atoms with E-state index < -0.39 is 0 Å². The second kappa shape index (κ2) is 4.49. The summed E-state index contributed by atoms with van der Waals surface area (Å²) in [5.41, 5.74) is 0.872. The SMILES string of the molecule is CCN1C(=O)S/C(=C/c2ccncc2)C1=O. The van der Waals surface area contributed by atoms with E-state index in [9.17, 15) is 9.59 Å². The molecule has 5 heteroatoms. The molecule has 1 aliphatic heterocycles. The summed E-state index contributed by atoms with van der Waals surface area (Å²) in [6.45, 7) is 2.20. The van der Waals surface area contributed by atoms with Gasteiger partial charge in [-0.3, -0.25) is 19.5 Å². The molecule has 1 aliphatic rings. The molecule has 4 nitrogen and oxygen atoms in total. The summed E-state index contributed by atoms with van der Waals surface area (Å²) in [6, 6.07) is 3.58. The molecule has 82 valence electrons. The smallest absolute Gasteiger partial charge is 0.269 e. The number of rotatable bonds is 2. The molecule has 0 saturated carbocycles. The van der Waals surface area contributed by atoms with E-state index in [0.29, 0.717) is 11.4 Å². The van der Waals surface area contributed by atoms with Crippen LogP contribution >= 0.6 is 11.8 Å². The number of thioether (sulfide) groups is 1. The Labute approximate surface area is 97.4 Å². The van der Waals surface area contributed by atoms with Crippen molar-refractivity contribution in [3.63, 3.8) is 0 Å². The summed E-state index contributed by atoms with van der Waals surface area (Å²) in [5, 5.41) is -0.201. The molecular formula is C11H10N2O2S.